The van der Waals surface area contributed by atoms with Crippen LogP contribution < -0.4 is 0 Å². The van der Waals surface area contributed by atoms with Crippen molar-refractivity contribution in [1.82, 2.24) is 0 Å². The molecular formula is C12H18OS. The molecular weight excluding hydrogens is 192 g/mol. The lowest BCUT2D eigenvalue weighted by Crippen LogP contribution is -2.13. The molecule has 0 fully saturated rings. The van der Waals surface area contributed by atoms with Gasteiger partial charge < -0.3 is 0 Å². The molecule has 1 aromatic heterocycles. The van der Waals surface area contributed by atoms with Gasteiger partial charge in [-0.25, -0.2) is 0 Å². The van der Waals surface area contributed by atoms with E-state index in [0.29, 0.717) is 5.78 Å². The Balaban J connectivity index is 2.63. The summed E-state index contributed by atoms with van der Waals surface area (Å²) in [5, 5.41) is 3.93. The first kappa shape index (κ1) is 11.4. The van der Waals surface area contributed by atoms with Crippen LogP contribution in [0, 0.1) is 5.92 Å². The summed E-state index contributed by atoms with van der Waals surface area (Å²) in [5.74, 6) is 0.592. The summed E-state index contributed by atoms with van der Waals surface area (Å²) in [4.78, 5) is 12.0. The summed E-state index contributed by atoms with van der Waals surface area (Å²) in [7, 11) is 0. The van der Waals surface area contributed by atoms with E-state index >= 15 is 0 Å². The van der Waals surface area contributed by atoms with Crippen LogP contribution in [0.4, 0.5) is 0 Å². The Morgan fingerprint density at radius 2 is 2.00 bits per heavy atom. The van der Waals surface area contributed by atoms with E-state index in [0.717, 1.165) is 31.2 Å². The molecule has 0 saturated carbocycles. The Bertz CT molecular complexity index is 258. The number of ketones is 1. The van der Waals surface area contributed by atoms with Crippen molar-refractivity contribution in [1.29, 1.82) is 0 Å². The highest BCUT2D eigenvalue weighted by atomic mass is 32.1. The zero-order valence-electron chi connectivity index (χ0n) is 8.95. The molecule has 0 amide bonds. The molecule has 0 unspecified atom stereocenters. The smallest absolute Gasteiger partial charge is 0.166 e. The largest absolute Gasteiger partial charge is 0.294 e. The maximum atomic E-state index is 12.0. The second-order valence-corrected chi connectivity index (χ2v) is 4.43. The van der Waals surface area contributed by atoms with Crippen LogP contribution in [0.1, 0.15) is 49.9 Å². The fourth-order valence-corrected chi connectivity index (χ4v) is 2.39. The lowest BCUT2D eigenvalue weighted by Gasteiger charge is -2.12. The quantitative estimate of drug-likeness (QED) is 0.645. The number of thiophene rings is 1. The van der Waals surface area contributed by atoms with Crippen LogP contribution in [0.5, 0.6) is 0 Å². The van der Waals surface area contributed by atoms with Crippen LogP contribution in [0.3, 0.4) is 0 Å². The summed E-state index contributed by atoms with van der Waals surface area (Å²) in [6.07, 6.45) is 4.26. The number of hydrogen-bond acceptors (Lipinski definition) is 2. The Hall–Kier alpha value is -0.630. The van der Waals surface area contributed by atoms with Gasteiger partial charge in [0.25, 0.3) is 0 Å². The first-order valence-electron chi connectivity index (χ1n) is 5.36. The molecule has 2 heteroatoms. The van der Waals surface area contributed by atoms with Crippen molar-refractivity contribution in [2.75, 3.05) is 0 Å². The molecule has 0 aliphatic rings. The van der Waals surface area contributed by atoms with Gasteiger partial charge in [0, 0.05) is 16.9 Å². The number of carbonyl (C=O) groups excluding carboxylic acids is 1. The fraction of sp³-hybridized carbons (Fsp3) is 0.583. The van der Waals surface area contributed by atoms with Gasteiger partial charge in [-0.2, -0.15) is 11.3 Å². The van der Waals surface area contributed by atoms with Gasteiger partial charge in [-0.1, -0.05) is 26.7 Å². The summed E-state index contributed by atoms with van der Waals surface area (Å²) in [6, 6.07) is 1.94. The maximum absolute atomic E-state index is 12.0. The van der Waals surface area contributed by atoms with Gasteiger partial charge in [0.15, 0.2) is 5.78 Å². The van der Waals surface area contributed by atoms with Gasteiger partial charge in [-0.15, -0.1) is 0 Å². The minimum atomic E-state index is 0.250. The van der Waals surface area contributed by atoms with Crippen LogP contribution >= 0.6 is 11.3 Å². The molecule has 1 heterocycles. The first-order valence-corrected chi connectivity index (χ1v) is 6.30. The van der Waals surface area contributed by atoms with E-state index in [2.05, 4.69) is 13.8 Å². The van der Waals surface area contributed by atoms with Crippen molar-refractivity contribution < 1.29 is 4.79 Å². The van der Waals surface area contributed by atoms with Gasteiger partial charge >= 0.3 is 0 Å². The van der Waals surface area contributed by atoms with Crippen LogP contribution in [-0.4, -0.2) is 5.78 Å². The first-order chi connectivity index (χ1) is 6.79. The summed E-state index contributed by atoms with van der Waals surface area (Å²) < 4.78 is 0. The van der Waals surface area contributed by atoms with E-state index in [1.54, 1.807) is 11.3 Å². The van der Waals surface area contributed by atoms with Gasteiger partial charge in [-0.3, -0.25) is 4.79 Å². The maximum Gasteiger partial charge on any atom is 0.166 e. The van der Waals surface area contributed by atoms with E-state index in [1.807, 2.05) is 16.8 Å². The molecule has 0 atom stereocenters. The van der Waals surface area contributed by atoms with Crippen molar-refractivity contribution in [3.05, 3.63) is 22.4 Å². The predicted molar refractivity (Wildman–Crippen MR) is 62.0 cm³/mol. The molecule has 1 rings (SSSR count). The van der Waals surface area contributed by atoms with Gasteiger partial charge in [0.05, 0.1) is 0 Å². The molecule has 1 aromatic rings. The zero-order valence-corrected chi connectivity index (χ0v) is 9.77. The molecule has 0 radical (unpaired) electrons. The van der Waals surface area contributed by atoms with Crippen LogP contribution in [-0.2, 0) is 0 Å². The number of hydrogen-bond donors (Lipinski definition) is 0. The summed E-state index contributed by atoms with van der Waals surface area (Å²) in [5.41, 5.74) is 0.905. The molecule has 0 aromatic carbocycles. The average molecular weight is 210 g/mol. The fourth-order valence-electron chi connectivity index (χ4n) is 1.74. The van der Waals surface area contributed by atoms with E-state index in [9.17, 15) is 4.79 Å². The van der Waals surface area contributed by atoms with Crippen LogP contribution in [0.15, 0.2) is 16.8 Å². The monoisotopic (exact) mass is 210 g/mol. The van der Waals surface area contributed by atoms with Crippen molar-refractivity contribution in [2.45, 2.75) is 39.5 Å². The summed E-state index contributed by atoms with van der Waals surface area (Å²) in [6.45, 7) is 4.28. The summed E-state index contributed by atoms with van der Waals surface area (Å²) >= 11 is 1.60. The third-order valence-corrected chi connectivity index (χ3v) is 3.13. The second-order valence-electron chi connectivity index (χ2n) is 3.65. The van der Waals surface area contributed by atoms with E-state index in [4.69, 9.17) is 0 Å². The molecule has 0 spiro atoms. The normalized spacial score (nSPS) is 10.8. The highest BCUT2D eigenvalue weighted by Crippen LogP contribution is 2.20. The Morgan fingerprint density at radius 3 is 2.43 bits per heavy atom. The number of carbonyl (C=O) groups is 1. The Labute approximate surface area is 90.2 Å². The van der Waals surface area contributed by atoms with E-state index < -0.39 is 0 Å². The van der Waals surface area contributed by atoms with Crippen molar-refractivity contribution in [3.63, 3.8) is 0 Å². The third kappa shape index (κ3) is 2.95. The molecule has 0 saturated heterocycles. The average Bonchev–Trinajstić information content (AvgIpc) is 2.69. The standard InChI is InChI=1S/C12H18OS/c1-3-5-10(6-4-2)12(13)11-7-8-14-9-11/h7-10H,3-6H2,1-2H3. The minimum absolute atomic E-state index is 0.250. The molecule has 14 heavy (non-hydrogen) atoms. The molecule has 0 aliphatic heterocycles. The Morgan fingerprint density at radius 1 is 1.36 bits per heavy atom. The number of Topliss-reactive ketones (excluding diaryl/α,β-unsaturated/α-hetero) is 1. The van der Waals surface area contributed by atoms with Gasteiger partial charge in [0.1, 0.15) is 0 Å². The second kappa shape index (κ2) is 5.97. The Kier molecular flexibility index (Phi) is 4.88. The zero-order chi connectivity index (χ0) is 10.4. The minimum Gasteiger partial charge on any atom is -0.294 e. The highest BCUT2D eigenvalue weighted by molar-refractivity contribution is 7.08. The molecule has 1 nitrogen and oxygen atoms in total. The van der Waals surface area contributed by atoms with E-state index in [1.165, 1.54) is 0 Å². The van der Waals surface area contributed by atoms with Gasteiger partial charge in [0.2, 0.25) is 0 Å². The van der Waals surface area contributed by atoms with Crippen LogP contribution in [0.25, 0.3) is 0 Å². The van der Waals surface area contributed by atoms with Crippen LogP contribution in [0.2, 0.25) is 0 Å². The van der Waals surface area contributed by atoms with E-state index in [-0.39, 0.29) is 5.92 Å². The lowest BCUT2D eigenvalue weighted by molar-refractivity contribution is 0.0905. The molecule has 78 valence electrons. The lowest BCUT2D eigenvalue weighted by atomic mass is 9.91. The topological polar surface area (TPSA) is 17.1 Å². The van der Waals surface area contributed by atoms with Crippen molar-refractivity contribution >= 4 is 17.1 Å². The van der Waals surface area contributed by atoms with Crippen molar-refractivity contribution in [2.24, 2.45) is 5.92 Å². The van der Waals surface area contributed by atoms with Crippen molar-refractivity contribution in [3.8, 4) is 0 Å². The molecule has 0 aliphatic carbocycles. The molecule has 0 N–H and O–H groups in total. The molecule has 0 bridgehead atoms. The highest BCUT2D eigenvalue weighted by Gasteiger charge is 2.18. The predicted octanol–water partition coefficient (Wildman–Crippen LogP) is 4.15. The SMILES string of the molecule is CCCC(CCC)C(=O)c1ccsc1. The van der Waals surface area contributed by atoms with Gasteiger partial charge in [-0.05, 0) is 24.3 Å². The number of rotatable bonds is 6. The third-order valence-electron chi connectivity index (χ3n) is 2.45.